The molecule has 0 aliphatic carbocycles. The van der Waals surface area contributed by atoms with E-state index < -0.39 is 17.6 Å². The van der Waals surface area contributed by atoms with Crippen molar-refractivity contribution in [1.82, 2.24) is 9.78 Å². The summed E-state index contributed by atoms with van der Waals surface area (Å²) >= 11 is 0. The Morgan fingerprint density at radius 3 is 2.50 bits per heavy atom. The minimum atomic E-state index is -4.51. The Morgan fingerprint density at radius 1 is 1.11 bits per heavy atom. The summed E-state index contributed by atoms with van der Waals surface area (Å²) in [5, 5.41) is 7.31. The summed E-state index contributed by atoms with van der Waals surface area (Å²) in [4.78, 5) is 25.3. The van der Waals surface area contributed by atoms with Crippen molar-refractivity contribution in [2.45, 2.75) is 32.5 Å². The van der Waals surface area contributed by atoms with Gasteiger partial charge in [-0.05, 0) is 30.7 Å². The first kappa shape index (κ1) is 19.6. The Morgan fingerprint density at radius 2 is 1.82 bits per heavy atom. The van der Waals surface area contributed by atoms with Crippen LogP contribution in [-0.4, -0.2) is 15.7 Å². The summed E-state index contributed by atoms with van der Waals surface area (Å²) in [6, 6.07) is 10.9. The molecule has 28 heavy (non-hydrogen) atoms. The Kier molecular flexibility index (Phi) is 5.48. The van der Waals surface area contributed by atoms with Crippen molar-refractivity contribution in [3.05, 3.63) is 70.1 Å². The molecule has 0 fully saturated rings. The third kappa shape index (κ3) is 4.05. The summed E-state index contributed by atoms with van der Waals surface area (Å²) in [5.74, 6) is -0.680. The zero-order chi connectivity index (χ0) is 20.3. The molecule has 1 N–H and O–H groups in total. The molecule has 0 atom stereocenters. The van der Waals surface area contributed by atoms with E-state index in [1.807, 2.05) is 6.92 Å². The predicted octanol–water partition coefficient (Wildman–Crippen LogP) is 4.47. The van der Waals surface area contributed by atoms with Gasteiger partial charge >= 0.3 is 6.18 Å². The van der Waals surface area contributed by atoms with Gasteiger partial charge in [-0.25, -0.2) is 4.68 Å². The fourth-order valence-electron chi connectivity index (χ4n) is 2.83. The average Bonchev–Trinajstić information content (AvgIpc) is 2.67. The summed E-state index contributed by atoms with van der Waals surface area (Å²) in [6.07, 6.45) is -2.97. The van der Waals surface area contributed by atoms with Crippen molar-refractivity contribution < 1.29 is 18.0 Å². The van der Waals surface area contributed by atoms with E-state index in [4.69, 9.17) is 0 Å². The van der Waals surface area contributed by atoms with E-state index in [0.717, 1.165) is 18.6 Å². The van der Waals surface area contributed by atoms with Gasteiger partial charge in [-0.3, -0.25) is 9.59 Å². The second kappa shape index (κ2) is 7.84. The van der Waals surface area contributed by atoms with Crippen LogP contribution in [0.15, 0.2) is 53.3 Å². The number of hydrogen-bond acceptors (Lipinski definition) is 3. The third-order valence-corrected chi connectivity index (χ3v) is 4.25. The maximum Gasteiger partial charge on any atom is 0.416 e. The smallest absolute Gasteiger partial charge is 0.321 e. The maximum atomic E-state index is 12.9. The molecule has 0 aliphatic rings. The van der Waals surface area contributed by atoms with Crippen molar-refractivity contribution >= 4 is 22.4 Å². The molecule has 0 unspecified atom stereocenters. The SMILES string of the molecule is CCCCn1nc(C(=O)Nc2cccc(C(F)(F)F)c2)c2ccccc2c1=O. The van der Waals surface area contributed by atoms with Crippen LogP contribution in [0.5, 0.6) is 0 Å². The first-order valence-electron chi connectivity index (χ1n) is 8.79. The number of rotatable bonds is 5. The van der Waals surface area contributed by atoms with E-state index in [2.05, 4.69) is 10.4 Å². The number of benzene rings is 2. The number of nitrogens with zero attached hydrogens (tertiary/aromatic N) is 2. The third-order valence-electron chi connectivity index (χ3n) is 4.25. The molecule has 8 heteroatoms. The number of hydrogen-bond donors (Lipinski definition) is 1. The monoisotopic (exact) mass is 389 g/mol. The fourth-order valence-corrected chi connectivity index (χ4v) is 2.83. The molecule has 1 aromatic heterocycles. The van der Waals surface area contributed by atoms with Crippen LogP contribution in [0, 0.1) is 0 Å². The number of anilines is 1. The summed E-state index contributed by atoms with van der Waals surface area (Å²) in [5.41, 5.74) is -1.18. The van der Waals surface area contributed by atoms with E-state index in [1.165, 1.54) is 16.8 Å². The standard InChI is InChI=1S/C20H18F3N3O2/c1-2-3-11-26-19(28)16-10-5-4-9-15(16)17(25-26)18(27)24-14-8-6-7-13(12-14)20(21,22)23/h4-10,12H,2-3,11H2,1H3,(H,24,27). The van der Waals surface area contributed by atoms with Gasteiger partial charge < -0.3 is 5.32 Å². The molecule has 0 aliphatic heterocycles. The number of amides is 1. The van der Waals surface area contributed by atoms with Crippen LogP contribution in [0.25, 0.3) is 10.8 Å². The fraction of sp³-hybridized carbons (Fsp3) is 0.250. The van der Waals surface area contributed by atoms with Gasteiger partial charge in [0.1, 0.15) is 0 Å². The molecule has 1 heterocycles. The molecule has 1 amide bonds. The normalized spacial score (nSPS) is 11.6. The topological polar surface area (TPSA) is 64.0 Å². The maximum absolute atomic E-state index is 12.9. The van der Waals surface area contributed by atoms with E-state index >= 15 is 0 Å². The molecule has 3 rings (SSSR count). The van der Waals surface area contributed by atoms with Gasteiger partial charge in [-0.2, -0.15) is 18.3 Å². The van der Waals surface area contributed by atoms with Crippen LogP contribution in [0.2, 0.25) is 0 Å². The number of aryl methyl sites for hydroxylation is 1. The van der Waals surface area contributed by atoms with Crippen LogP contribution in [0.4, 0.5) is 18.9 Å². The van der Waals surface area contributed by atoms with Crippen LogP contribution in [-0.2, 0) is 12.7 Å². The molecular formula is C20H18F3N3O2. The Bertz CT molecular complexity index is 1070. The summed E-state index contributed by atoms with van der Waals surface area (Å²) < 4.78 is 39.9. The lowest BCUT2D eigenvalue weighted by Gasteiger charge is -2.12. The zero-order valence-corrected chi connectivity index (χ0v) is 15.1. The molecule has 0 bridgehead atoms. The lowest BCUT2D eigenvalue weighted by molar-refractivity contribution is -0.137. The van der Waals surface area contributed by atoms with E-state index in [0.29, 0.717) is 23.7 Å². The van der Waals surface area contributed by atoms with Crippen molar-refractivity contribution in [2.24, 2.45) is 0 Å². The summed E-state index contributed by atoms with van der Waals surface area (Å²) in [7, 11) is 0. The minimum absolute atomic E-state index is 0.00276. The molecule has 0 saturated carbocycles. The van der Waals surface area contributed by atoms with Gasteiger partial charge in [0.05, 0.1) is 10.9 Å². The highest BCUT2D eigenvalue weighted by Gasteiger charge is 2.30. The van der Waals surface area contributed by atoms with Crippen LogP contribution < -0.4 is 10.9 Å². The molecule has 146 valence electrons. The Labute approximate surface area is 158 Å². The number of aromatic nitrogens is 2. The van der Waals surface area contributed by atoms with Crippen molar-refractivity contribution in [2.75, 3.05) is 5.32 Å². The van der Waals surface area contributed by atoms with Gasteiger partial charge in [-0.1, -0.05) is 37.6 Å². The van der Waals surface area contributed by atoms with Gasteiger partial charge in [0.15, 0.2) is 5.69 Å². The van der Waals surface area contributed by atoms with Gasteiger partial charge in [0, 0.05) is 17.6 Å². The second-order valence-electron chi connectivity index (χ2n) is 6.31. The molecule has 2 aromatic carbocycles. The average molecular weight is 389 g/mol. The first-order chi connectivity index (χ1) is 13.3. The predicted molar refractivity (Wildman–Crippen MR) is 100 cm³/mol. The van der Waals surface area contributed by atoms with Crippen LogP contribution in [0.1, 0.15) is 35.8 Å². The number of alkyl halides is 3. The number of carbonyl (C=O) groups excluding carboxylic acids is 1. The molecule has 0 spiro atoms. The molecule has 3 aromatic rings. The quantitative estimate of drug-likeness (QED) is 0.700. The van der Waals surface area contributed by atoms with Crippen molar-refractivity contribution in [3.63, 3.8) is 0 Å². The highest BCUT2D eigenvalue weighted by molar-refractivity contribution is 6.11. The van der Waals surface area contributed by atoms with Crippen LogP contribution >= 0.6 is 0 Å². The number of nitrogens with one attached hydrogen (secondary N) is 1. The molecular weight excluding hydrogens is 371 g/mol. The van der Waals surface area contributed by atoms with Gasteiger partial charge in [-0.15, -0.1) is 0 Å². The zero-order valence-electron chi connectivity index (χ0n) is 15.1. The summed E-state index contributed by atoms with van der Waals surface area (Å²) in [6.45, 7) is 2.32. The lowest BCUT2D eigenvalue weighted by Crippen LogP contribution is -2.27. The minimum Gasteiger partial charge on any atom is -0.321 e. The van der Waals surface area contributed by atoms with Gasteiger partial charge in [0.25, 0.3) is 11.5 Å². The molecule has 5 nitrogen and oxygen atoms in total. The number of carbonyl (C=O) groups is 1. The Hall–Kier alpha value is -3.16. The van der Waals surface area contributed by atoms with Crippen molar-refractivity contribution in [1.29, 1.82) is 0 Å². The van der Waals surface area contributed by atoms with Crippen LogP contribution in [0.3, 0.4) is 0 Å². The second-order valence-corrected chi connectivity index (χ2v) is 6.31. The number of halogens is 3. The van der Waals surface area contributed by atoms with E-state index in [1.54, 1.807) is 24.3 Å². The van der Waals surface area contributed by atoms with Gasteiger partial charge in [0.2, 0.25) is 0 Å². The van der Waals surface area contributed by atoms with E-state index in [-0.39, 0.29) is 16.9 Å². The highest BCUT2D eigenvalue weighted by atomic mass is 19.4. The number of fused-ring (bicyclic) bond motifs is 1. The largest absolute Gasteiger partial charge is 0.416 e. The van der Waals surface area contributed by atoms with E-state index in [9.17, 15) is 22.8 Å². The lowest BCUT2D eigenvalue weighted by atomic mass is 10.1. The highest BCUT2D eigenvalue weighted by Crippen LogP contribution is 2.30. The molecule has 0 saturated heterocycles. The van der Waals surface area contributed by atoms with Crippen molar-refractivity contribution in [3.8, 4) is 0 Å². The number of unbranched alkanes of at least 4 members (excludes halogenated alkanes) is 1. The first-order valence-corrected chi connectivity index (χ1v) is 8.79. The molecule has 0 radical (unpaired) electrons. The Balaban J connectivity index is 2.02.